The first-order valence-corrected chi connectivity index (χ1v) is 2.12. The van der Waals surface area contributed by atoms with Crippen LogP contribution in [-0.2, 0) is 14.3 Å². The molecule has 0 aromatic rings. The van der Waals surface area contributed by atoms with Gasteiger partial charge in [0.2, 0.25) is 0 Å². The van der Waals surface area contributed by atoms with E-state index in [4.69, 9.17) is 0 Å². The van der Waals surface area contributed by atoms with E-state index in [1.54, 1.807) is 0 Å². The minimum Gasteiger partial charge on any atom is -0.542 e. The first-order valence-electron chi connectivity index (χ1n) is 2.12. The van der Waals surface area contributed by atoms with Crippen LogP contribution in [0.3, 0.4) is 0 Å². The Morgan fingerprint density at radius 2 is 2.00 bits per heavy atom. The van der Waals surface area contributed by atoms with Crippen LogP contribution >= 0.6 is 0 Å². The van der Waals surface area contributed by atoms with Crippen molar-refractivity contribution in [1.82, 2.24) is 0 Å². The van der Waals surface area contributed by atoms with Gasteiger partial charge in [-0.1, -0.05) is 6.58 Å². The maximum absolute atomic E-state index is 9.98. The van der Waals surface area contributed by atoms with Crippen LogP contribution in [0.2, 0.25) is 0 Å². The lowest BCUT2D eigenvalue weighted by Crippen LogP contribution is -2.26. The molecule has 0 bridgehead atoms. The Bertz CT molecular complexity index is 158. The van der Waals surface area contributed by atoms with E-state index in [1.807, 2.05) is 0 Å². The Morgan fingerprint density at radius 1 is 1.56 bits per heavy atom. The maximum Gasteiger partial charge on any atom is 0.308 e. The SMILES string of the molecule is C=C(OC(C)=O)C(=O)[O-]. The molecule has 0 saturated heterocycles. The highest BCUT2D eigenvalue weighted by Gasteiger charge is 1.97. The molecule has 0 amide bonds. The molecule has 0 N–H and O–H groups in total. The molecule has 0 aromatic heterocycles. The summed E-state index contributed by atoms with van der Waals surface area (Å²) in [6.07, 6.45) is 0. The highest BCUT2D eigenvalue weighted by molar-refractivity contribution is 5.85. The number of ether oxygens (including phenoxy) is 1. The van der Waals surface area contributed by atoms with Gasteiger partial charge < -0.3 is 14.6 Å². The summed E-state index contributed by atoms with van der Waals surface area (Å²) in [5.74, 6) is -2.96. The Balaban J connectivity index is 3.79. The van der Waals surface area contributed by atoms with E-state index in [2.05, 4.69) is 11.3 Å². The topological polar surface area (TPSA) is 66.4 Å². The number of esters is 1. The Kier molecular flexibility index (Phi) is 2.44. The summed E-state index contributed by atoms with van der Waals surface area (Å²) in [5.41, 5.74) is 0. The summed E-state index contributed by atoms with van der Waals surface area (Å²) in [7, 11) is 0. The van der Waals surface area contributed by atoms with E-state index in [9.17, 15) is 14.7 Å². The fourth-order valence-electron chi connectivity index (χ4n) is 0.215. The number of carbonyl (C=O) groups is 2. The summed E-state index contributed by atoms with van der Waals surface area (Å²) >= 11 is 0. The second-order valence-corrected chi connectivity index (χ2v) is 1.30. The number of aliphatic carboxylic acids is 1. The monoisotopic (exact) mass is 129 g/mol. The quantitative estimate of drug-likeness (QED) is 0.267. The van der Waals surface area contributed by atoms with Crippen molar-refractivity contribution >= 4 is 11.9 Å². The Labute approximate surface area is 51.7 Å². The van der Waals surface area contributed by atoms with E-state index in [0.717, 1.165) is 6.92 Å². The van der Waals surface area contributed by atoms with Crippen LogP contribution in [0.15, 0.2) is 12.3 Å². The van der Waals surface area contributed by atoms with Gasteiger partial charge in [0.1, 0.15) is 11.7 Å². The van der Waals surface area contributed by atoms with Gasteiger partial charge in [-0.2, -0.15) is 0 Å². The Morgan fingerprint density at radius 3 is 2.11 bits per heavy atom. The van der Waals surface area contributed by atoms with Crippen LogP contribution in [0, 0.1) is 0 Å². The standard InChI is InChI=1S/C5H6O4/c1-3(5(7)8)9-4(2)6/h1H2,2H3,(H,7,8)/p-1. The molecule has 0 radical (unpaired) electrons. The van der Waals surface area contributed by atoms with E-state index >= 15 is 0 Å². The molecule has 0 atom stereocenters. The lowest BCUT2D eigenvalue weighted by molar-refractivity contribution is -0.302. The molecular formula is C5H5O4-. The summed E-state index contributed by atoms with van der Waals surface area (Å²) in [6, 6.07) is 0. The second-order valence-electron chi connectivity index (χ2n) is 1.30. The van der Waals surface area contributed by atoms with Gasteiger partial charge in [0.15, 0.2) is 0 Å². The molecule has 0 spiro atoms. The van der Waals surface area contributed by atoms with Gasteiger partial charge in [0, 0.05) is 6.92 Å². The molecule has 9 heavy (non-hydrogen) atoms. The summed E-state index contributed by atoms with van der Waals surface area (Å²) in [5, 5.41) is 9.75. The number of carboxylic acids is 1. The molecule has 50 valence electrons. The van der Waals surface area contributed by atoms with Crippen molar-refractivity contribution in [3.05, 3.63) is 12.3 Å². The lowest BCUT2D eigenvalue weighted by Gasteiger charge is -2.03. The van der Waals surface area contributed by atoms with Crippen molar-refractivity contribution < 1.29 is 19.4 Å². The zero-order chi connectivity index (χ0) is 7.44. The first-order chi connectivity index (χ1) is 4.04. The second kappa shape index (κ2) is 2.86. The van der Waals surface area contributed by atoms with Crippen LogP contribution in [0.1, 0.15) is 6.92 Å². The van der Waals surface area contributed by atoms with Crippen LogP contribution in [0.4, 0.5) is 0 Å². The number of hydrogen-bond acceptors (Lipinski definition) is 4. The van der Waals surface area contributed by atoms with Gasteiger partial charge >= 0.3 is 5.97 Å². The molecule has 0 aliphatic rings. The molecule has 0 rings (SSSR count). The number of carbonyl (C=O) groups excluding carboxylic acids is 2. The van der Waals surface area contributed by atoms with Crippen molar-refractivity contribution in [2.45, 2.75) is 6.92 Å². The highest BCUT2D eigenvalue weighted by atomic mass is 16.6. The average molecular weight is 129 g/mol. The third kappa shape index (κ3) is 3.28. The fourth-order valence-corrected chi connectivity index (χ4v) is 0.215. The van der Waals surface area contributed by atoms with Gasteiger partial charge in [0.05, 0.1) is 0 Å². The molecule has 0 saturated carbocycles. The van der Waals surface area contributed by atoms with E-state index < -0.39 is 17.7 Å². The summed E-state index contributed by atoms with van der Waals surface area (Å²) < 4.78 is 4.02. The molecule has 0 heterocycles. The molecule has 4 heteroatoms. The third-order valence-corrected chi connectivity index (χ3v) is 0.495. The number of hydrogen-bond donors (Lipinski definition) is 0. The minimum atomic E-state index is -1.58. The molecule has 0 unspecified atom stereocenters. The third-order valence-electron chi connectivity index (χ3n) is 0.495. The zero-order valence-electron chi connectivity index (χ0n) is 4.84. The zero-order valence-corrected chi connectivity index (χ0v) is 4.84. The van der Waals surface area contributed by atoms with Crippen LogP contribution in [0.25, 0.3) is 0 Å². The minimum absolute atomic E-state index is 0.664. The summed E-state index contributed by atoms with van der Waals surface area (Å²) in [6.45, 7) is 3.97. The van der Waals surface area contributed by atoms with Gasteiger partial charge in [-0.3, -0.25) is 4.79 Å². The van der Waals surface area contributed by atoms with Crippen LogP contribution < -0.4 is 5.11 Å². The predicted octanol–water partition coefficient (Wildman–Crippen LogP) is -1.19. The van der Waals surface area contributed by atoms with Crippen molar-refractivity contribution in [2.24, 2.45) is 0 Å². The Hall–Kier alpha value is -1.32. The molecule has 0 aliphatic heterocycles. The summed E-state index contributed by atoms with van der Waals surface area (Å²) in [4.78, 5) is 19.7. The molecule has 0 fully saturated rings. The van der Waals surface area contributed by atoms with Crippen molar-refractivity contribution in [2.75, 3.05) is 0 Å². The number of rotatable bonds is 2. The van der Waals surface area contributed by atoms with Gasteiger partial charge in [-0.25, -0.2) is 0 Å². The average Bonchev–Trinajstić information content (AvgIpc) is 1.63. The van der Waals surface area contributed by atoms with Gasteiger partial charge in [0.25, 0.3) is 0 Å². The number of carboxylic acid groups (broad SMARTS) is 1. The highest BCUT2D eigenvalue weighted by Crippen LogP contribution is 1.89. The lowest BCUT2D eigenvalue weighted by atomic mass is 10.6. The molecule has 4 nitrogen and oxygen atoms in total. The first kappa shape index (κ1) is 7.68. The van der Waals surface area contributed by atoms with E-state index in [0.29, 0.717) is 0 Å². The largest absolute Gasteiger partial charge is 0.542 e. The van der Waals surface area contributed by atoms with Crippen LogP contribution in [-0.4, -0.2) is 11.9 Å². The molecule has 0 aliphatic carbocycles. The van der Waals surface area contributed by atoms with Crippen LogP contribution in [0.5, 0.6) is 0 Å². The van der Waals surface area contributed by atoms with E-state index in [-0.39, 0.29) is 0 Å². The van der Waals surface area contributed by atoms with Crippen molar-refractivity contribution in [1.29, 1.82) is 0 Å². The molecule has 0 aromatic carbocycles. The smallest absolute Gasteiger partial charge is 0.308 e. The maximum atomic E-state index is 9.98. The molecular weight excluding hydrogens is 124 g/mol. The van der Waals surface area contributed by atoms with Gasteiger partial charge in [-0.15, -0.1) is 0 Å². The van der Waals surface area contributed by atoms with E-state index in [1.165, 1.54) is 0 Å². The van der Waals surface area contributed by atoms with Crippen molar-refractivity contribution in [3.8, 4) is 0 Å². The van der Waals surface area contributed by atoms with Crippen molar-refractivity contribution in [3.63, 3.8) is 0 Å². The van der Waals surface area contributed by atoms with Gasteiger partial charge in [-0.05, 0) is 0 Å². The predicted molar refractivity (Wildman–Crippen MR) is 25.9 cm³/mol. The fraction of sp³-hybridized carbons (Fsp3) is 0.200. The normalized spacial score (nSPS) is 8.11.